The van der Waals surface area contributed by atoms with Crippen LogP contribution in [0.15, 0.2) is 60.8 Å². The number of H-pyrrole nitrogens is 1. The number of hydrogen-bond acceptors (Lipinski definition) is 2. The fourth-order valence-corrected chi connectivity index (χ4v) is 3.89. The molecular formula is C21H22N4S. The van der Waals surface area contributed by atoms with Gasteiger partial charge in [-0.25, -0.2) is 0 Å². The number of aromatic amines is 1. The van der Waals surface area contributed by atoms with Gasteiger partial charge in [-0.3, -0.25) is 4.98 Å². The molecule has 1 aromatic carbocycles. The number of thiocarbonyl (C=S) groups is 1. The molecule has 1 fully saturated rings. The van der Waals surface area contributed by atoms with E-state index in [-0.39, 0.29) is 12.1 Å². The standard InChI is InChI=1S/C21H22N4S/c1-3-15-8-10-16(11-9-15)25-20(18-12-7-14(2)23-18)19(24-21(25)26)17-6-4-5-13-22-17/h4-13,19-20,23H,3H2,1-2H3,(H,24,26)/t19-,20+/m0/s1. The number of nitrogens with zero attached hydrogens (tertiary/aromatic N) is 2. The highest BCUT2D eigenvalue weighted by atomic mass is 32.1. The average Bonchev–Trinajstić information content (AvgIpc) is 3.25. The molecule has 2 N–H and O–H groups in total. The van der Waals surface area contributed by atoms with Crippen LogP contribution in [0.5, 0.6) is 0 Å². The van der Waals surface area contributed by atoms with Crippen LogP contribution in [0.25, 0.3) is 0 Å². The molecule has 5 heteroatoms. The van der Waals surface area contributed by atoms with Gasteiger partial charge in [0.05, 0.1) is 11.7 Å². The molecule has 0 spiro atoms. The van der Waals surface area contributed by atoms with Gasteiger partial charge in [0.1, 0.15) is 6.04 Å². The molecule has 26 heavy (non-hydrogen) atoms. The Morgan fingerprint density at radius 2 is 1.88 bits per heavy atom. The Hall–Kier alpha value is -2.66. The quantitative estimate of drug-likeness (QED) is 0.673. The smallest absolute Gasteiger partial charge is 0.174 e. The van der Waals surface area contributed by atoms with Crippen LogP contribution in [0, 0.1) is 6.92 Å². The maximum absolute atomic E-state index is 5.72. The lowest BCUT2D eigenvalue weighted by molar-refractivity contribution is 0.558. The summed E-state index contributed by atoms with van der Waals surface area (Å²) in [5.74, 6) is 0. The number of rotatable bonds is 4. The summed E-state index contributed by atoms with van der Waals surface area (Å²) in [7, 11) is 0. The van der Waals surface area contributed by atoms with Crippen LogP contribution in [0.2, 0.25) is 0 Å². The first-order valence-electron chi connectivity index (χ1n) is 8.92. The van der Waals surface area contributed by atoms with E-state index in [9.17, 15) is 0 Å². The molecule has 1 aliphatic rings. The highest BCUT2D eigenvalue weighted by Crippen LogP contribution is 2.41. The van der Waals surface area contributed by atoms with E-state index in [2.05, 4.69) is 70.4 Å². The zero-order valence-electron chi connectivity index (χ0n) is 14.9. The van der Waals surface area contributed by atoms with Crippen molar-refractivity contribution in [2.24, 2.45) is 0 Å². The summed E-state index contributed by atoms with van der Waals surface area (Å²) < 4.78 is 0. The summed E-state index contributed by atoms with van der Waals surface area (Å²) in [5.41, 5.74) is 5.67. The Morgan fingerprint density at radius 1 is 1.08 bits per heavy atom. The third kappa shape index (κ3) is 2.99. The van der Waals surface area contributed by atoms with E-state index in [1.165, 1.54) is 5.56 Å². The zero-order chi connectivity index (χ0) is 18.1. The van der Waals surface area contributed by atoms with Gasteiger partial charge in [0, 0.05) is 23.3 Å². The van der Waals surface area contributed by atoms with Crippen LogP contribution in [0.3, 0.4) is 0 Å². The van der Waals surface area contributed by atoms with Crippen LogP contribution in [-0.4, -0.2) is 15.1 Å². The first-order chi connectivity index (χ1) is 12.7. The summed E-state index contributed by atoms with van der Waals surface area (Å²) in [5, 5.41) is 4.20. The van der Waals surface area contributed by atoms with Gasteiger partial charge in [-0.05, 0) is 67.5 Å². The van der Waals surface area contributed by atoms with Crippen LogP contribution >= 0.6 is 12.2 Å². The van der Waals surface area contributed by atoms with Crippen molar-refractivity contribution in [3.63, 3.8) is 0 Å². The number of nitrogens with one attached hydrogen (secondary N) is 2. The Labute approximate surface area is 159 Å². The summed E-state index contributed by atoms with van der Waals surface area (Å²) >= 11 is 5.72. The van der Waals surface area contributed by atoms with Gasteiger partial charge in [0.25, 0.3) is 0 Å². The fourth-order valence-electron chi connectivity index (χ4n) is 3.54. The normalized spacial score (nSPS) is 19.6. The first-order valence-corrected chi connectivity index (χ1v) is 9.33. The number of aryl methyl sites for hydroxylation is 2. The molecule has 2 aromatic heterocycles. The minimum absolute atomic E-state index is 0.00685. The van der Waals surface area contributed by atoms with Crippen molar-refractivity contribution in [3.05, 3.63) is 83.4 Å². The minimum atomic E-state index is -0.00685. The molecule has 0 bridgehead atoms. The Bertz CT molecular complexity index is 901. The molecule has 0 saturated carbocycles. The Morgan fingerprint density at radius 3 is 2.50 bits per heavy atom. The number of pyridine rings is 1. The summed E-state index contributed by atoms with van der Waals surface area (Å²) in [4.78, 5) is 10.3. The maximum Gasteiger partial charge on any atom is 0.174 e. The second-order valence-corrected chi connectivity index (χ2v) is 7.00. The predicted octanol–water partition coefficient (Wildman–Crippen LogP) is 4.46. The molecule has 1 saturated heterocycles. The monoisotopic (exact) mass is 362 g/mol. The van der Waals surface area contributed by atoms with Gasteiger partial charge in [0.15, 0.2) is 5.11 Å². The van der Waals surface area contributed by atoms with E-state index in [1.807, 2.05) is 24.4 Å². The lowest BCUT2D eigenvalue weighted by Gasteiger charge is -2.27. The molecule has 0 amide bonds. The third-order valence-electron chi connectivity index (χ3n) is 4.89. The van der Waals surface area contributed by atoms with E-state index < -0.39 is 0 Å². The SMILES string of the molecule is CCc1ccc(N2C(=S)N[C@@H](c3ccccn3)[C@H]2c2ccc(C)[nH]2)cc1. The third-order valence-corrected chi connectivity index (χ3v) is 5.21. The first kappa shape index (κ1) is 16.8. The van der Waals surface area contributed by atoms with Crippen LogP contribution in [0.1, 0.15) is 41.7 Å². The minimum Gasteiger partial charge on any atom is -0.361 e. The van der Waals surface area contributed by atoms with Gasteiger partial charge in [-0.2, -0.15) is 0 Å². The zero-order valence-corrected chi connectivity index (χ0v) is 15.8. The van der Waals surface area contributed by atoms with Gasteiger partial charge >= 0.3 is 0 Å². The van der Waals surface area contributed by atoms with Crippen molar-refractivity contribution in [2.75, 3.05) is 4.90 Å². The van der Waals surface area contributed by atoms with E-state index >= 15 is 0 Å². The number of anilines is 1. The molecule has 0 radical (unpaired) electrons. The van der Waals surface area contributed by atoms with Crippen LogP contribution in [0.4, 0.5) is 5.69 Å². The molecule has 4 nitrogen and oxygen atoms in total. The van der Waals surface area contributed by atoms with Crippen molar-refractivity contribution < 1.29 is 0 Å². The van der Waals surface area contributed by atoms with Gasteiger partial charge in [-0.1, -0.05) is 25.1 Å². The summed E-state index contributed by atoms with van der Waals surface area (Å²) in [6.07, 6.45) is 2.86. The lowest BCUT2D eigenvalue weighted by atomic mass is 10.0. The fraction of sp³-hybridized carbons (Fsp3) is 0.238. The molecule has 3 aromatic rings. The second kappa shape index (κ2) is 6.92. The lowest BCUT2D eigenvalue weighted by Crippen LogP contribution is -2.29. The molecule has 132 valence electrons. The largest absolute Gasteiger partial charge is 0.361 e. The van der Waals surface area contributed by atoms with Gasteiger partial charge in [0.2, 0.25) is 0 Å². The number of benzene rings is 1. The van der Waals surface area contributed by atoms with E-state index in [0.29, 0.717) is 0 Å². The van der Waals surface area contributed by atoms with Crippen molar-refractivity contribution in [1.29, 1.82) is 0 Å². The number of aromatic nitrogens is 2. The van der Waals surface area contributed by atoms with Crippen molar-refractivity contribution in [2.45, 2.75) is 32.4 Å². The van der Waals surface area contributed by atoms with E-state index in [0.717, 1.165) is 34.3 Å². The van der Waals surface area contributed by atoms with Gasteiger partial charge < -0.3 is 15.2 Å². The highest BCUT2D eigenvalue weighted by molar-refractivity contribution is 7.80. The highest BCUT2D eigenvalue weighted by Gasteiger charge is 2.41. The maximum atomic E-state index is 5.72. The van der Waals surface area contributed by atoms with Gasteiger partial charge in [-0.15, -0.1) is 0 Å². The summed E-state index contributed by atoms with van der Waals surface area (Å²) in [6, 6.07) is 18.9. The van der Waals surface area contributed by atoms with E-state index in [1.54, 1.807) is 0 Å². The molecule has 0 aliphatic carbocycles. The molecule has 0 unspecified atom stereocenters. The molecule has 2 atom stereocenters. The predicted molar refractivity (Wildman–Crippen MR) is 109 cm³/mol. The average molecular weight is 363 g/mol. The molecule has 3 heterocycles. The second-order valence-electron chi connectivity index (χ2n) is 6.61. The topological polar surface area (TPSA) is 44.0 Å². The molecule has 4 rings (SSSR count). The Balaban J connectivity index is 1.79. The molecular weight excluding hydrogens is 340 g/mol. The van der Waals surface area contributed by atoms with Crippen molar-refractivity contribution in [1.82, 2.24) is 15.3 Å². The molecule has 1 aliphatic heterocycles. The summed E-state index contributed by atoms with van der Waals surface area (Å²) in [6.45, 7) is 4.24. The van der Waals surface area contributed by atoms with Crippen molar-refractivity contribution >= 4 is 23.0 Å². The number of hydrogen-bond donors (Lipinski definition) is 2. The van der Waals surface area contributed by atoms with Crippen molar-refractivity contribution in [3.8, 4) is 0 Å². The van der Waals surface area contributed by atoms with Crippen LogP contribution in [-0.2, 0) is 6.42 Å². The van der Waals surface area contributed by atoms with E-state index in [4.69, 9.17) is 12.2 Å². The van der Waals surface area contributed by atoms with Crippen LogP contribution < -0.4 is 10.2 Å². The Kier molecular flexibility index (Phi) is 4.47.